The summed E-state index contributed by atoms with van der Waals surface area (Å²) < 4.78 is 5.85. The Hall–Kier alpha value is -2.39. The quantitative estimate of drug-likeness (QED) is 0.564. The van der Waals surface area contributed by atoms with Gasteiger partial charge in [-0.05, 0) is 39.0 Å². The van der Waals surface area contributed by atoms with Crippen LogP contribution in [0, 0.1) is 6.92 Å². The summed E-state index contributed by atoms with van der Waals surface area (Å²) in [5, 5.41) is 3.09. The minimum atomic E-state index is 0.160. The number of aryl methyl sites for hydroxylation is 1. The van der Waals surface area contributed by atoms with E-state index in [9.17, 15) is 0 Å². The zero-order valence-corrected chi connectivity index (χ0v) is 15.0. The summed E-state index contributed by atoms with van der Waals surface area (Å²) in [4.78, 5) is 4.71. The third kappa shape index (κ3) is 4.12. The van der Waals surface area contributed by atoms with E-state index in [2.05, 4.69) is 48.7 Å². The fourth-order valence-corrected chi connectivity index (χ4v) is 3.08. The molecule has 0 aliphatic rings. The minimum absolute atomic E-state index is 0.160. The predicted molar refractivity (Wildman–Crippen MR) is 103 cm³/mol. The van der Waals surface area contributed by atoms with Crippen LogP contribution in [0.1, 0.15) is 30.0 Å². The number of hydrogen-bond donors (Lipinski definition) is 0. The van der Waals surface area contributed by atoms with E-state index in [1.54, 1.807) is 11.3 Å². The average molecular weight is 335 g/mol. The number of para-hydroxylation sites is 1. The smallest absolute Gasteiger partial charge is 0.126 e. The second-order valence-electron chi connectivity index (χ2n) is 5.97. The van der Waals surface area contributed by atoms with Crippen molar-refractivity contribution in [2.75, 3.05) is 0 Å². The fourth-order valence-electron chi connectivity index (χ4n) is 2.36. The number of ether oxygens (including phenoxy) is 1. The molecule has 0 radical (unpaired) electrons. The first kappa shape index (κ1) is 16.5. The number of nitrogens with zero attached hydrogens (tertiary/aromatic N) is 1. The molecular weight excluding hydrogens is 314 g/mol. The molecule has 0 unspecified atom stereocenters. The lowest BCUT2D eigenvalue weighted by atomic mass is 10.1. The van der Waals surface area contributed by atoms with Gasteiger partial charge in [-0.1, -0.05) is 48.0 Å². The van der Waals surface area contributed by atoms with E-state index < -0.39 is 0 Å². The van der Waals surface area contributed by atoms with Gasteiger partial charge in [0.05, 0.1) is 11.8 Å². The first-order chi connectivity index (χ1) is 11.6. The summed E-state index contributed by atoms with van der Waals surface area (Å²) in [7, 11) is 0. The van der Waals surface area contributed by atoms with Crippen molar-refractivity contribution in [2.45, 2.75) is 26.9 Å². The van der Waals surface area contributed by atoms with Crippen LogP contribution in [0.3, 0.4) is 0 Å². The van der Waals surface area contributed by atoms with Crippen LogP contribution >= 0.6 is 11.3 Å². The van der Waals surface area contributed by atoms with Gasteiger partial charge < -0.3 is 4.74 Å². The van der Waals surface area contributed by atoms with Gasteiger partial charge in [0.15, 0.2) is 0 Å². The molecule has 2 aromatic carbocycles. The van der Waals surface area contributed by atoms with Crippen molar-refractivity contribution in [1.29, 1.82) is 0 Å². The van der Waals surface area contributed by atoms with Crippen molar-refractivity contribution in [2.24, 2.45) is 0 Å². The van der Waals surface area contributed by atoms with Crippen LogP contribution in [0.2, 0.25) is 0 Å². The third-order valence-electron chi connectivity index (χ3n) is 3.56. The Labute approximate surface area is 147 Å². The van der Waals surface area contributed by atoms with Crippen LogP contribution in [-0.4, -0.2) is 11.1 Å². The lowest BCUT2D eigenvalue weighted by Crippen LogP contribution is -2.06. The molecule has 24 heavy (non-hydrogen) atoms. The van der Waals surface area contributed by atoms with E-state index in [1.165, 1.54) is 5.56 Å². The Balaban J connectivity index is 1.80. The molecule has 2 nitrogen and oxygen atoms in total. The summed E-state index contributed by atoms with van der Waals surface area (Å²) in [6, 6.07) is 16.5. The van der Waals surface area contributed by atoms with Crippen molar-refractivity contribution in [3.05, 3.63) is 70.0 Å². The van der Waals surface area contributed by atoms with Gasteiger partial charge in [0.2, 0.25) is 0 Å². The van der Waals surface area contributed by atoms with Crippen molar-refractivity contribution < 1.29 is 4.74 Å². The second kappa shape index (κ2) is 7.45. The molecule has 0 aliphatic carbocycles. The van der Waals surface area contributed by atoms with E-state index in [0.29, 0.717) is 0 Å². The maximum absolute atomic E-state index is 5.85. The molecule has 0 atom stereocenters. The third-order valence-corrected chi connectivity index (χ3v) is 4.37. The summed E-state index contributed by atoms with van der Waals surface area (Å²) in [6.07, 6.45) is 4.27. The minimum Gasteiger partial charge on any atom is -0.490 e. The average Bonchev–Trinajstić information content (AvgIpc) is 3.03. The van der Waals surface area contributed by atoms with E-state index in [4.69, 9.17) is 9.72 Å². The Morgan fingerprint density at radius 1 is 1.00 bits per heavy atom. The molecule has 0 saturated heterocycles. The molecule has 0 N–H and O–H groups in total. The summed E-state index contributed by atoms with van der Waals surface area (Å²) >= 11 is 1.65. The number of thiazole rings is 1. The molecule has 0 aliphatic heterocycles. The van der Waals surface area contributed by atoms with Crippen molar-refractivity contribution in [1.82, 2.24) is 4.98 Å². The number of aromatic nitrogens is 1. The second-order valence-corrected chi connectivity index (χ2v) is 6.86. The molecule has 1 heterocycles. The highest BCUT2D eigenvalue weighted by molar-refractivity contribution is 7.10. The van der Waals surface area contributed by atoms with E-state index in [0.717, 1.165) is 27.6 Å². The number of hydrogen-bond acceptors (Lipinski definition) is 3. The van der Waals surface area contributed by atoms with Crippen LogP contribution < -0.4 is 4.74 Å². The highest BCUT2D eigenvalue weighted by Gasteiger charge is 2.04. The van der Waals surface area contributed by atoms with Crippen molar-refractivity contribution in [3.63, 3.8) is 0 Å². The topological polar surface area (TPSA) is 22.1 Å². The zero-order chi connectivity index (χ0) is 16.9. The summed E-state index contributed by atoms with van der Waals surface area (Å²) in [5.74, 6) is 0.902. The monoisotopic (exact) mass is 335 g/mol. The molecule has 0 amide bonds. The standard InChI is InChI=1S/C21H21NOS/c1-15(2)23-20-7-5-4-6-18(20)12-13-21-22-19(14-24-21)17-10-8-16(3)9-11-17/h4-15H,1-3H3. The van der Waals surface area contributed by atoms with Gasteiger partial charge in [0, 0.05) is 16.5 Å². The van der Waals surface area contributed by atoms with Gasteiger partial charge in [-0.25, -0.2) is 4.98 Å². The van der Waals surface area contributed by atoms with Gasteiger partial charge in [-0.2, -0.15) is 0 Å². The molecule has 1 aromatic heterocycles. The summed E-state index contributed by atoms with van der Waals surface area (Å²) in [5.41, 5.74) is 4.50. The van der Waals surface area contributed by atoms with Crippen LogP contribution in [0.4, 0.5) is 0 Å². The van der Waals surface area contributed by atoms with Crippen molar-refractivity contribution in [3.8, 4) is 17.0 Å². The van der Waals surface area contributed by atoms with Gasteiger partial charge in [0.1, 0.15) is 10.8 Å². The Kier molecular flexibility index (Phi) is 5.11. The molecular formula is C21H21NOS. The summed E-state index contributed by atoms with van der Waals surface area (Å²) in [6.45, 7) is 6.17. The normalized spacial score (nSPS) is 11.3. The molecule has 122 valence electrons. The predicted octanol–water partition coefficient (Wildman–Crippen LogP) is 6.08. The lowest BCUT2D eigenvalue weighted by molar-refractivity contribution is 0.242. The molecule has 3 aromatic rings. The molecule has 3 heteroatoms. The highest BCUT2D eigenvalue weighted by atomic mass is 32.1. The number of rotatable bonds is 5. The Morgan fingerprint density at radius 2 is 1.75 bits per heavy atom. The molecule has 0 spiro atoms. The maximum Gasteiger partial charge on any atom is 0.126 e. The van der Waals surface area contributed by atoms with Crippen LogP contribution in [0.5, 0.6) is 5.75 Å². The van der Waals surface area contributed by atoms with E-state index in [1.807, 2.05) is 38.1 Å². The molecule has 0 bridgehead atoms. The van der Waals surface area contributed by atoms with Crippen molar-refractivity contribution >= 4 is 23.5 Å². The SMILES string of the molecule is Cc1ccc(-c2csc(C=Cc3ccccc3OC(C)C)n2)cc1. The molecule has 0 saturated carbocycles. The largest absolute Gasteiger partial charge is 0.490 e. The highest BCUT2D eigenvalue weighted by Crippen LogP contribution is 2.25. The lowest BCUT2D eigenvalue weighted by Gasteiger charge is -2.11. The fraction of sp³-hybridized carbons (Fsp3) is 0.190. The van der Waals surface area contributed by atoms with Crippen LogP contribution in [0.15, 0.2) is 53.9 Å². The van der Waals surface area contributed by atoms with Gasteiger partial charge >= 0.3 is 0 Å². The van der Waals surface area contributed by atoms with Gasteiger partial charge in [-0.15, -0.1) is 11.3 Å². The molecule has 0 fully saturated rings. The number of benzene rings is 2. The van der Waals surface area contributed by atoms with Gasteiger partial charge in [-0.3, -0.25) is 0 Å². The first-order valence-electron chi connectivity index (χ1n) is 8.08. The maximum atomic E-state index is 5.85. The Morgan fingerprint density at radius 3 is 2.50 bits per heavy atom. The van der Waals surface area contributed by atoms with E-state index in [-0.39, 0.29) is 6.10 Å². The molecule has 3 rings (SSSR count). The van der Waals surface area contributed by atoms with Crippen LogP contribution in [-0.2, 0) is 0 Å². The van der Waals surface area contributed by atoms with E-state index >= 15 is 0 Å². The first-order valence-corrected chi connectivity index (χ1v) is 8.96. The van der Waals surface area contributed by atoms with Gasteiger partial charge in [0.25, 0.3) is 0 Å². The van der Waals surface area contributed by atoms with Crippen LogP contribution in [0.25, 0.3) is 23.4 Å². The zero-order valence-electron chi connectivity index (χ0n) is 14.2. The Bertz CT molecular complexity index is 831.